The van der Waals surface area contributed by atoms with Crippen molar-refractivity contribution in [1.82, 2.24) is 4.98 Å². The van der Waals surface area contributed by atoms with Gasteiger partial charge in [0.2, 0.25) is 5.91 Å². The molecule has 3 rings (SSSR count). The van der Waals surface area contributed by atoms with Gasteiger partial charge in [0, 0.05) is 24.9 Å². The number of anilines is 1. The molecule has 0 aliphatic heterocycles. The number of carbonyl (C=O) groups excluding carboxylic acids is 3. The summed E-state index contributed by atoms with van der Waals surface area (Å²) in [5, 5.41) is 2.60. The summed E-state index contributed by atoms with van der Waals surface area (Å²) in [7, 11) is 0. The van der Waals surface area contributed by atoms with Crippen LogP contribution in [0.25, 0.3) is 5.57 Å². The van der Waals surface area contributed by atoms with Crippen molar-refractivity contribution in [2.75, 3.05) is 5.32 Å². The van der Waals surface area contributed by atoms with Crippen molar-refractivity contribution in [3.8, 4) is 0 Å². The van der Waals surface area contributed by atoms with Gasteiger partial charge in [0.1, 0.15) is 5.92 Å². The van der Waals surface area contributed by atoms with Crippen LogP contribution in [-0.4, -0.2) is 22.5 Å². The fourth-order valence-corrected chi connectivity index (χ4v) is 2.77. The fraction of sp³-hybridized carbons (Fsp3) is 0.111. The Kier molecular flexibility index (Phi) is 3.62. The number of hydrogen-bond acceptors (Lipinski definition) is 4. The minimum atomic E-state index is -0.968. The van der Waals surface area contributed by atoms with Crippen LogP contribution in [0.15, 0.2) is 49.3 Å². The van der Waals surface area contributed by atoms with Crippen molar-refractivity contribution < 1.29 is 14.4 Å². The zero-order valence-electron chi connectivity index (χ0n) is 12.5. The van der Waals surface area contributed by atoms with Crippen LogP contribution in [0, 0.1) is 5.92 Å². The predicted molar refractivity (Wildman–Crippen MR) is 86.2 cm³/mol. The summed E-state index contributed by atoms with van der Waals surface area (Å²) < 4.78 is 0. The van der Waals surface area contributed by atoms with E-state index in [1.165, 1.54) is 6.92 Å². The number of hydrogen-bond donors (Lipinski definition) is 1. The molecule has 1 aromatic carbocycles. The lowest BCUT2D eigenvalue weighted by molar-refractivity contribution is -0.114. The van der Waals surface area contributed by atoms with Crippen LogP contribution in [0.4, 0.5) is 5.69 Å². The number of pyridine rings is 1. The predicted octanol–water partition coefficient (Wildman–Crippen LogP) is 2.75. The average Bonchev–Trinajstić information content (AvgIpc) is 2.79. The van der Waals surface area contributed by atoms with Crippen molar-refractivity contribution in [1.29, 1.82) is 0 Å². The van der Waals surface area contributed by atoms with Gasteiger partial charge in [-0.3, -0.25) is 19.4 Å². The number of rotatable bonds is 3. The standard InChI is InChI=1S/C18H14N2O3/c1-10(12-5-4-8-19-9-12)15-17(22)13-6-3-7-14(20-11(2)21)16(13)18(15)23/h3-9,15H,1H2,2H3,(H,20,21). The molecule has 1 aliphatic carbocycles. The highest BCUT2D eigenvalue weighted by Gasteiger charge is 2.42. The van der Waals surface area contributed by atoms with Gasteiger partial charge in [-0.1, -0.05) is 24.8 Å². The molecule has 0 radical (unpaired) electrons. The maximum Gasteiger partial charge on any atom is 0.221 e. The van der Waals surface area contributed by atoms with E-state index in [0.717, 1.165) is 0 Å². The molecule has 0 spiro atoms. The molecule has 0 bridgehead atoms. The highest BCUT2D eigenvalue weighted by molar-refractivity contribution is 6.33. The topological polar surface area (TPSA) is 76.1 Å². The number of amides is 1. The molecule has 1 amide bonds. The van der Waals surface area contributed by atoms with E-state index in [4.69, 9.17) is 0 Å². The molecule has 1 heterocycles. The molecule has 0 fully saturated rings. The maximum atomic E-state index is 12.8. The van der Waals surface area contributed by atoms with E-state index >= 15 is 0 Å². The number of aromatic nitrogens is 1. The Hall–Kier alpha value is -3.08. The summed E-state index contributed by atoms with van der Waals surface area (Å²) in [6.07, 6.45) is 3.18. The minimum Gasteiger partial charge on any atom is -0.326 e. The van der Waals surface area contributed by atoms with Crippen LogP contribution < -0.4 is 5.32 Å². The monoisotopic (exact) mass is 306 g/mol. The van der Waals surface area contributed by atoms with Crippen LogP contribution in [-0.2, 0) is 4.79 Å². The maximum absolute atomic E-state index is 12.8. The summed E-state index contributed by atoms with van der Waals surface area (Å²) in [6.45, 7) is 5.27. The van der Waals surface area contributed by atoms with Gasteiger partial charge in [0.15, 0.2) is 11.6 Å². The number of Topliss-reactive ketones (excluding diaryl/α,β-unsaturated/α-hetero) is 2. The largest absolute Gasteiger partial charge is 0.326 e. The lowest BCUT2D eigenvalue weighted by Crippen LogP contribution is -2.17. The zero-order chi connectivity index (χ0) is 16.6. The van der Waals surface area contributed by atoms with Crippen LogP contribution in [0.5, 0.6) is 0 Å². The molecule has 1 N–H and O–H groups in total. The van der Waals surface area contributed by atoms with Crippen molar-refractivity contribution in [3.63, 3.8) is 0 Å². The van der Waals surface area contributed by atoms with Gasteiger partial charge in [-0.05, 0) is 23.3 Å². The van der Waals surface area contributed by atoms with E-state index in [1.54, 1.807) is 42.7 Å². The van der Waals surface area contributed by atoms with Gasteiger partial charge in [0.25, 0.3) is 0 Å². The molecule has 23 heavy (non-hydrogen) atoms. The Morgan fingerprint density at radius 3 is 2.61 bits per heavy atom. The highest BCUT2D eigenvalue weighted by Crippen LogP contribution is 2.38. The number of allylic oxidation sites excluding steroid dienone is 1. The Morgan fingerprint density at radius 1 is 1.17 bits per heavy atom. The SMILES string of the molecule is C=C(c1cccnc1)C1C(=O)c2cccc(NC(C)=O)c2C1=O. The Balaban J connectivity index is 2.04. The van der Waals surface area contributed by atoms with E-state index in [9.17, 15) is 14.4 Å². The Labute approximate surface area is 133 Å². The Bertz CT molecular complexity index is 841. The van der Waals surface area contributed by atoms with Gasteiger partial charge in [0.05, 0.1) is 11.3 Å². The number of ketones is 2. The van der Waals surface area contributed by atoms with Gasteiger partial charge >= 0.3 is 0 Å². The zero-order valence-corrected chi connectivity index (χ0v) is 12.5. The number of nitrogens with zero attached hydrogens (tertiary/aromatic N) is 1. The third-order valence-electron chi connectivity index (χ3n) is 3.79. The van der Waals surface area contributed by atoms with E-state index in [2.05, 4.69) is 16.9 Å². The molecule has 114 valence electrons. The fourth-order valence-electron chi connectivity index (χ4n) is 2.77. The molecule has 1 unspecified atom stereocenters. The summed E-state index contributed by atoms with van der Waals surface area (Å²) >= 11 is 0. The lowest BCUT2D eigenvalue weighted by atomic mass is 9.91. The van der Waals surface area contributed by atoms with Crippen molar-refractivity contribution >= 4 is 28.7 Å². The third-order valence-corrected chi connectivity index (χ3v) is 3.79. The summed E-state index contributed by atoms with van der Waals surface area (Å²) in [5.41, 5.74) is 1.99. The second kappa shape index (κ2) is 5.61. The van der Waals surface area contributed by atoms with E-state index in [1.807, 2.05) is 0 Å². The number of carbonyl (C=O) groups is 3. The molecular weight excluding hydrogens is 292 g/mol. The second-order valence-corrected chi connectivity index (χ2v) is 5.34. The molecule has 1 atom stereocenters. The lowest BCUT2D eigenvalue weighted by Gasteiger charge is -2.11. The first kappa shape index (κ1) is 14.8. The van der Waals surface area contributed by atoms with Gasteiger partial charge in [-0.25, -0.2) is 0 Å². The van der Waals surface area contributed by atoms with Crippen molar-refractivity contribution in [2.24, 2.45) is 5.92 Å². The molecular formula is C18H14N2O3. The van der Waals surface area contributed by atoms with E-state index < -0.39 is 5.92 Å². The first-order chi connectivity index (χ1) is 11.0. The van der Waals surface area contributed by atoms with Crippen molar-refractivity contribution in [3.05, 3.63) is 66.0 Å². The highest BCUT2D eigenvalue weighted by atomic mass is 16.2. The molecule has 0 saturated carbocycles. The second-order valence-electron chi connectivity index (χ2n) is 5.34. The van der Waals surface area contributed by atoms with Crippen LogP contribution in [0.1, 0.15) is 33.2 Å². The van der Waals surface area contributed by atoms with Crippen LogP contribution in [0.2, 0.25) is 0 Å². The first-order valence-corrected chi connectivity index (χ1v) is 7.09. The molecule has 5 heteroatoms. The molecule has 1 aromatic heterocycles. The Morgan fingerprint density at radius 2 is 1.96 bits per heavy atom. The van der Waals surface area contributed by atoms with Crippen molar-refractivity contribution in [2.45, 2.75) is 6.92 Å². The summed E-state index contributed by atoms with van der Waals surface area (Å²) in [5.74, 6) is -1.91. The van der Waals surface area contributed by atoms with Gasteiger partial charge in [-0.15, -0.1) is 0 Å². The number of fused-ring (bicyclic) bond motifs is 1. The average molecular weight is 306 g/mol. The van der Waals surface area contributed by atoms with Gasteiger partial charge in [-0.2, -0.15) is 0 Å². The van der Waals surface area contributed by atoms with E-state index in [-0.39, 0.29) is 23.0 Å². The number of nitrogens with one attached hydrogen (secondary N) is 1. The third kappa shape index (κ3) is 2.46. The molecule has 1 aliphatic rings. The van der Waals surface area contributed by atoms with Crippen LogP contribution >= 0.6 is 0 Å². The van der Waals surface area contributed by atoms with Crippen LogP contribution in [0.3, 0.4) is 0 Å². The minimum absolute atomic E-state index is 0.253. The van der Waals surface area contributed by atoms with Gasteiger partial charge < -0.3 is 5.32 Å². The number of benzene rings is 1. The normalized spacial score (nSPS) is 16.1. The molecule has 2 aromatic rings. The smallest absolute Gasteiger partial charge is 0.221 e. The van der Waals surface area contributed by atoms with E-state index in [0.29, 0.717) is 22.4 Å². The molecule has 0 saturated heterocycles. The quantitative estimate of drug-likeness (QED) is 0.885. The first-order valence-electron chi connectivity index (χ1n) is 7.09. The summed E-state index contributed by atoms with van der Waals surface area (Å²) in [6, 6.07) is 8.33. The summed E-state index contributed by atoms with van der Waals surface area (Å²) in [4.78, 5) is 40.7. The molecule has 5 nitrogen and oxygen atoms in total.